The van der Waals surface area contributed by atoms with Crippen molar-refractivity contribution in [2.45, 2.75) is 12.6 Å². The number of carbonyl (C=O) groups is 1. The van der Waals surface area contributed by atoms with Gasteiger partial charge in [0.05, 0.1) is 24.6 Å². The Labute approximate surface area is 112 Å². The van der Waals surface area contributed by atoms with E-state index in [-0.39, 0.29) is 25.2 Å². The normalized spacial score (nSPS) is 10.8. The molecule has 0 saturated carbocycles. The van der Waals surface area contributed by atoms with Gasteiger partial charge in [0.25, 0.3) is 0 Å². The molecule has 0 fully saturated rings. The van der Waals surface area contributed by atoms with Gasteiger partial charge in [-0.15, -0.1) is 0 Å². The van der Waals surface area contributed by atoms with Gasteiger partial charge < -0.3 is 10.6 Å². The lowest BCUT2D eigenvalue weighted by Crippen LogP contribution is -2.30. The third kappa shape index (κ3) is 4.76. The van der Waals surface area contributed by atoms with Crippen molar-refractivity contribution in [2.24, 2.45) is 0 Å². The number of nitriles is 1. The number of benzene rings is 1. The monoisotopic (exact) mass is 289 g/mol. The van der Waals surface area contributed by atoms with Gasteiger partial charge >= 0.3 is 6.18 Å². The van der Waals surface area contributed by atoms with E-state index in [1.54, 1.807) is 0 Å². The van der Waals surface area contributed by atoms with Crippen LogP contribution >= 0.6 is 0 Å². The first-order chi connectivity index (χ1) is 9.34. The van der Waals surface area contributed by atoms with Crippen LogP contribution in [0.5, 0.6) is 0 Å². The van der Waals surface area contributed by atoms with E-state index in [1.165, 1.54) is 0 Å². The summed E-state index contributed by atoms with van der Waals surface area (Å²) in [6, 6.07) is 4.20. The molecule has 0 spiro atoms. The lowest BCUT2D eigenvalue weighted by molar-refractivity contribution is -0.139. The van der Waals surface area contributed by atoms with Gasteiger partial charge in [0, 0.05) is 12.2 Å². The molecule has 1 rings (SSSR count). The molecule has 108 valence electrons. The number of alkyl halides is 3. The second-order valence-corrected chi connectivity index (χ2v) is 3.80. The molecular formula is C12H11F4N3O. The fraction of sp³-hybridized carbons (Fsp3) is 0.333. The standard InChI is InChI=1S/C12H11F4N3O/c13-10-3-2-8(6-9(10)12(14,15)16)19-7-11(20)18-5-1-4-17/h2-3,6,19H,1,5,7H2,(H,18,20). The highest BCUT2D eigenvalue weighted by atomic mass is 19.4. The van der Waals surface area contributed by atoms with Crippen molar-refractivity contribution in [3.05, 3.63) is 29.6 Å². The summed E-state index contributed by atoms with van der Waals surface area (Å²) in [5.74, 6) is -1.85. The van der Waals surface area contributed by atoms with Crippen LogP contribution in [0.2, 0.25) is 0 Å². The first kappa shape index (κ1) is 15.8. The molecule has 2 N–H and O–H groups in total. The average Bonchev–Trinajstić information content (AvgIpc) is 2.36. The van der Waals surface area contributed by atoms with Gasteiger partial charge in [-0.3, -0.25) is 4.79 Å². The molecule has 4 nitrogen and oxygen atoms in total. The molecular weight excluding hydrogens is 278 g/mol. The highest BCUT2D eigenvalue weighted by Crippen LogP contribution is 2.32. The van der Waals surface area contributed by atoms with Crippen molar-refractivity contribution in [3.8, 4) is 6.07 Å². The molecule has 1 aromatic carbocycles. The molecule has 8 heteroatoms. The number of rotatable bonds is 5. The van der Waals surface area contributed by atoms with Crippen LogP contribution in [0.15, 0.2) is 18.2 Å². The minimum Gasteiger partial charge on any atom is -0.376 e. The minimum absolute atomic E-state index is 0.0193. The molecule has 0 aromatic heterocycles. The Bertz CT molecular complexity index is 522. The molecule has 1 amide bonds. The Hall–Kier alpha value is -2.30. The molecule has 0 bridgehead atoms. The molecule has 0 heterocycles. The fourth-order valence-corrected chi connectivity index (χ4v) is 1.36. The second kappa shape index (κ2) is 6.75. The molecule has 0 aliphatic rings. The van der Waals surface area contributed by atoms with Gasteiger partial charge in [-0.25, -0.2) is 4.39 Å². The van der Waals surface area contributed by atoms with Crippen LogP contribution in [0, 0.1) is 17.1 Å². The highest BCUT2D eigenvalue weighted by molar-refractivity contribution is 5.80. The third-order valence-corrected chi connectivity index (χ3v) is 2.28. The van der Waals surface area contributed by atoms with E-state index in [0.29, 0.717) is 12.1 Å². The minimum atomic E-state index is -4.79. The maximum atomic E-state index is 13.0. The maximum absolute atomic E-state index is 13.0. The van der Waals surface area contributed by atoms with Crippen LogP contribution in [0.4, 0.5) is 23.2 Å². The van der Waals surface area contributed by atoms with Gasteiger partial charge in [-0.05, 0) is 18.2 Å². The lowest BCUT2D eigenvalue weighted by Gasteiger charge is -2.11. The van der Waals surface area contributed by atoms with Gasteiger partial charge in [-0.1, -0.05) is 0 Å². The van der Waals surface area contributed by atoms with E-state index in [4.69, 9.17) is 5.26 Å². The molecule has 0 aliphatic heterocycles. The van der Waals surface area contributed by atoms with Crippen LogP contribution in [0.1, 0.15) is 12.0 Å². The summed E-state index contributed by atoms with van der Waals surface area (Å²) < 4.78 is 50.4. The quantitative estimate of drug-likeness (QED) is 0.645. The first-order valence-corrected chi connectivity index (χ1v) is 5.59. The molecule has 0 aliphatic carbocycles. The lowest BCUT2D eigenvalue weighted by atomic mass is 10.2. The summed E-state index contributed by atoms with van der Waals surface area (Å²) in [5.41, 5.74) is -1.42. The van der Waals surface area contributed by atoms with Crippen molar-refractivity contribution in [1.29, 1.82) is 5.26 Å². The topological polar surface area (TPSA) is 64.9 Å². The Kier molecular flexibility index (Phi) is 5.32. The van der Waals surface area contributed by atoms with E-state index in [9.17, 15) is 22.4 Å². The SMILES string of the molecule is N#CCCNC(=O)CNc1ccc(F)c(C(F)(F)F)c1. The first-order valence-electron chi connectivity index (χ1n) is 5.59. The molecule has 0 radical (unpaired) electrons. The van der Waals surface area contributed by atoms with Gasteiger partial charge in [0.1, 0.15) is 5.82 Å². The Morgan fingerprint density at radius 3 is 2.65 bits per heavy atom. The van der Waals surface area contributed by atoms with Crippen LogP contribution in [0.25, 0.3) is 0 Å². The van der Waals surface area contributed by atoms with Crippen LogP contribution in [0.3, 0.4) is 0 Å². The van der Waals surface area contributed by atoms with Crippen molar-refractivity contribution in [3.63, 3.8) is 0 Å². The number of anilines is 1. The van der Waals surface area contributed by atoms with Gasteiger partial charge in [0.15, 0.2) is 0 Å². The van der Waals surface area contributed by atoms with E-state index >= 15 is 0 Å². The molecule has 0 atom stereocenters. The van der Waals surface area contributed by atoms with Gasteiger partial charge in [-0.2, -0.15) is 18.4 Å². The Balaban J connectivity index is 2.61. The number of halogens is 4. The fourth-order valence-electron chi connectivity index (χ4n) is 1.36. The largest absolute Gasteiger partial charge is 0.419 e. The van der Waals surface area contributed by atoms with E-state index in [2.05, 4.69) is 10.6 Å². The Morgan fingerprint density at radius 2 is 2.05 bits per heavy atom. The highest BCUT2D eigenvalue weighted by Gasteiger charge is 2.34. The third-order valence-electron chi connectivity index (χ3n) is 2.28. The number of hydrogen-bond acceptors (Lipinski definition) is 3. The number of nitrogens with one attached hydrogen (secondary N) is 2. The zero-order valence-corrected chi connectivity index (χ0v) is 10.2. The molecule has 0 saturated heterocycles. The van der Waals surface area contributed by atoms with Crippen molar-refractivity contribution in [1.82, 2.24) is 5.32 Å². The van der Waals surface area contributed by atoms with Crippen LogP contribution in [-0.2, 0) is 11.0 Å². The zero-order valence-electron chi connectivity index (χ0n) is 10.2. The number of hydrogen-bond donors (Lipinski definition) is 2. The van der Waals surface area contributed by atoms with Crippen LogP contribution < -0.4 is 10.6 Å². The van der Waals surface area contributed by atoms with Crippen molar-refractivity contribution < 1.29 is 22.4 Å². The smallest absolute Gasteiger partial charge is 0.376 e. The molecule has 20 heavy (non-hydrogen) atoms. The van der Waals surface area contributed by atoms with E-state index in [0.717, 1.165) is 6.07 Å². The van der Waals surface area contributed by atoms with E-state index in [1.807, 2.05) is 6.07 Å². The summed E-state index contributed by atoms with van der Waals surface area (Å²) in [6.45, 7) is -0.109. The van der Waals surface area contributed by atoms with Crippen molar-refractivity contribution >= 4 is 11.6 Å². The summed E-state index contributed by atoms with van der Waals surface area (Å²) in [4.78, 5) is 11.3. The van der Waals surface area contributed by atoms with E-state index < -0.39 is 23.5 Å². The average molecular weight is 289 g/mol. The summed E-state index contributed by atoms with van der Waals surface area (Å²) in [5, 5.41) is 13.1. The molecule has 1 aromatic rings. The number of amides is 1. The second-order valence-electron chi connectivity index (χ2n) is 3.80. The maximum Gasteiger partial charge on any atom is 0.419 e. The van der Waals surface area contributed by atoms with Gasteiger partial charge in [0.2, 0.25) is 5.91 Å². The summed E-state index contributed by atoms with van der Waals surface area (Å²) >= 11 is 0. The van der Waals surface area contributed by atoms with Crippen LogP contribution in [-0.4, -0.2) is 19.0 Å². The zero-order chi connectivity index (χ0) is 15.2. The van der Waals surface area contributed by atoms with Crippen molar-refractivity contribution in [2.75, 3.05) is 18.4 Å². The summed E-state index contributed by atoms with van der Waals surface area (Å²) in [6.07, 6.45) is -4.66. The number of nitrogens with zero attached hydrogens (tertiary/aromatic N) is 1. The Morgan fingerprint density at radius 1 is 1.35 bits per heavy atom. The summed E-state index contributed by atoms with van der Waals surface area (Å²) in [7, 11) is 0. The number of carbonyl (C=O) groups excluding carboxylic acids is 1. The molecule has 0 unspecified atom stereocenters. The predicted octanol–water partition coefficient (Wildman–Crippen LogP) is 2.29. The predicted molar refractivity (Wildman–Crippen MR) is 63.1 cm³/mol.